The maximum absolute atomic E-state index is 4.43. The van der Waals surface area contributed by atoms with Crippen molar-refractivity contribution >= 4 is 23.1 Å². The van der Waals surface area contributed by atoms with Crippen LogP contribution in [0.2, 0.25) is 0 Å². The summed E-state index contributed by atoms with van der Waals surface area (Å²) in [5.41, 5.74) is 1.20. The number of thiazole rings is 1. The number of rotatable bonds is 1. The third-order valence-corrected chi connectivity index (χ3v) is 3.59. The molecule has 0 aliphatic carbocycles. The standard InChI is InChI=1S/C7H10N2S2/c1-5-9-6(4-11-5)7-8-2-3-10-7/h4,7-8H,2-3H2,1H3. The highest BCUT2D eigenvalue weighted by molar-refractivity contribution is 7.99. The number of nitrogens with zero attached hydrogens (tertiary/aromatic N) is 1. The van der Waals surface area contributed by atoms with Gasteiger partial charge in [-0.05, 0) is 6.92 Å². The monoisotopic (exact) mass is 186 g/mol. The molecular weight excluding hydrogens is 176 g/mol. The van der Waals surface area contributed by atoms with Crippen molar-refractivity contribution < 1.29 is 0 Å². The molecule has 1 aliphatic heterocycles. The summed E-state index contributed by atoms with van der Waals surface area (Å²) in [6, 6.07) is 0. The first kappa shape index (κ1) is 7.58. The largest absolute Gasteiger partial charge is 0.300 e. The maximum Gasteiger partial charge on any atom is 0.0971 e. The van der Waals surface area contributed by atoms with E-state index < -0.39 is 0 Å². The van der Waals surface area contributed by atoms with Crippen LogP contribution in [0.4, 0.5) is 0 Å². The molecule has 1 N–H and O–H groups in total. The summed E-state index contributed by atoms with van der Waals surface area (Å²) >= 11 is 3.67. The van der Waals surface area contributed by atoms with Gasteiger partial charge in [-0.3, -0.25) is 5.32 Å². The van der Waals surface area contributed by atoms with E-state index >= 15 is 0 Å². The molecule has 2 nitrogen and oxygen atoms in total. The molecule has 1 unspecified atom stereocenters. The second kappa shape index (κ2) is 3.13. The van der Waals surface area contributed by atoms with Gasteiger partial charge in [0.2, 0.25) is 0 Å². The van der Waals surface area contributed by atoms with Crippen LogP contribution < -0.4 is 5.32 Å². The summed E-state index contributed by atoms with van der Waals surface area (Å²) in [4.78, 5) is 4.43. The smallest absolute Gasteiger partial charge is 0.0971 e. The van der Waals surface area contributed by atoms with Crippen molar-refractivity contribution in [3.8, 4) is 0 Å². The minimum atomic E-state index is 0.458. The fourth-order valence-electron chi connectivity index (χ4n) is 1.12. The molecule has 0 saturated carbocycles. The number of nitrogens with one attached hydrogen (secondary N) is 1. The molecule has 1 aromatic rings. The second-order valence-corrected chi connectivity index (χ2v) is 4.77. The normalized spacial score (nSPS) is 24.3. The highest BCUT2D eigenvalue weighted by Crippen LogP contribution is 2.30. The van der Waals surface area contributed by atoms with Gasteiger partial charge in [-0.25, -0.2) is 4.98 Å². The number of thioether (sulfide) groups is 1. The Kier molecular flexibility index (Phi) is 2.16. The lowest BCUT2D eigenvalue weighted by atomic mass is 10.5. The number of hydrogen-bond acceptors (Lipinski definition) is 4. The Balaban J connectivity index is 2.15. The molecule has 4 heteroatoms. The first-order valence-corrected chi connectivity index (χ1v) is 5.56. The van der Waals surface area contributed by atoms with Crippen LogP contribution in [-0.2, 0) is 0 Å². The van der Waals surface area contributed by atoms with Gasteiger partial charge in [-0.2, -0.15) is 0 Å². The Morgan fingerprint density at radius 1 is 1.73 bits per heavy atom. The van der Waals surface area contributed by atoms with Crippen molar-refractivity contribution in [3.63, 3.8) is 0 Å². The highest BCUT2D eigenvalue weighted by atomic mass is 32.2. The van der Waals surface area contributed by atoms with Crippen LogP contribution in [-0.4, -0.2) is 17.3 Å². The van der Waals surface area contributed by atoms with E-state index in [1.54, 1.807) is 11.3 Å². The van der Waals surface area contributed by atoms with Gasteiger partial charge in [0, 0.05) is 17.7 Å². The Labute approximate surface area is 74.4 Å². The fraction of sp³-hybridized carbons (Fsp3) is 0.571. The van der Waals surface area contributed by atoms with Crippen molar-refractivity contribution in [1.29, 1.82) is 0 Å². The van der Waals surface area contributed by atoms with Gasteiger partial charge in [-0.15, -0.1) is 23.1 Å². The second-order valence-electron chi connectivity index (χ2n) is 2.50. The SMILES string of the molecule is Cc1nc(C2NCCS2)cs1. The summed E-state index contributed by atoms with van der Waals surface area (Å²) in [6.45, 7) is 3.17. The van der Waals surface area contributed by atoms with E-state index in [1.165, 1.54) is 11.4 Å². The van der Waals surface area contributed by atoms with Crippen LogP contribution in [0.15, 0.2) is 5.38 Å². The van der Waals surface area contributed by atoms with Crippen molar-refractivity contribution in [3.05, 3.63) is 16.1 Å². The van der Waals surface area contributed by atoms with Crippen LogP contribution in [0.1, 0.15) is 16.1 Å². The lowest BCUT2D eigenvalue weighted by Gasteiger charge is -2.03. The molecule has 11 heavy (non-hydrogen) atoms. The van der Waals surface area contributed by atoms with Crippen LogP contribution in [0.3, 0.4) is 0 Å². The average Bonchev–Trinajstić information content (AvgIpc) is 2.55. The van der Waals surface area contributed by atoms with Gasteiger partial charge < -0.3 is 0 Å². The van der Waals surface area contributed by atoms with E-state index in [-0.39, 0.29) is 0 Å². The van der Waals surface area contributed by atoms with Crippen molar-refractivity contribution in [2.75, 3.05) is 12.3 Å². The Morgan fingerprint density at radius 2 is 2.64 bits per heavy atom. The van der Waals surface area contributed by atoms with Gasteiger partial charge in [0.15, 0.2) is 0 Å². The lowest BCUT2D eigenvalue weighted by Crippen LogP contribution is -2.12. The van der Waals surface area contributed by atoms with Gasteiger partial charge in [0.1, 0.15) is 0 Å². The minimum absolute atomic E-state index is 0.458. The quantitative estimate of drug-likeness (QED) is 0.724. The predicted octanol–water partition coefficient (Wildman–Crippen LogP) is 1.79. The summed E-state index contributed by atoms with van der Waals surface area (Å²) in [7, 11) is 0. The first-order valence-electron chi connectivity index (χ1n) is 3.63. The van der Waals surface area contributed by atoms with Crippen LogP contribution in [0.5, 0.6) is 0 Å². The Hall–Kier alpha value is -0.0600. The van der Waals surface area contributed by atoms with Crippen molar-refractivity contribution in [2.24, 2.45) is 0 Å². The molecule has 1 aromatic heterocycles. The number of aromatic nitrogens is 1. The molecule has 2 heterocycles. The average molecular weight is 186 g/mol. The van der Waals surface area contributed by atoms with Crippen molar-refractivity contribution in [2.45, 2.75) is 12.3 Å². The molecule has 0 amide bonds. The summed E-state index contributed by atoms with van der Waals surface area (Å²) in [5.74, 6) is 1.21. The summed E-state index contributed by atoms with van der Waals surface area (Å²) in [6.07, 6.45) is 0. The third kappa shape index (κ3) is 1.58. The molecule has 0 spiro atoms. The molecule has 60 valence electrons. The summed E-state index contributed by atoms with van der Waals surface area (Å²) < 4.78 is 0. The Bertz CT molecular complexity index is 240. The molecular formula is C7H10N2S2. The molecule has 0 bridgehead atoms. The third-order valence-electron chi connectivity index (χ3n) is 1.62. The number of aryl methyl sites for hydroxylation is 1. The first-order chi connectivity index (χ1) is 5.36. The van der Waals surface area contributed by atoms with Crippen LogP contribution >= 0.6 is 23.1 Å². The molecule has 0 aromatic carbocycles. The van der Waals surface area contributed by atoms with E-state index in [0.29, 0.717) is 5.37 Å². The highest BCUT2D eigenvalue weighted by Gasteiger charge is 2.18. The lowest BCUT2D eigenvalue weighted by molar-refractivity contribution is 0.735. The topological polar surface area (TPSA) is 24.9 Å². The molecule has 1 atom stereocenters. The van der Waals surface area contributed by atoms with Gasteiger partial charge in [-0.1, -0.05) is 0 Å². The van der Waals surface area contributed by atoms with E-state index in [4.69, 9.17) is 0 Å². The Morgan fingerprint density at radius 3 is 3.18 bits per heavy atom. The number of hydrogen-bond donors (Lipinski definition) is 1. The molecule has 0 radical (unpaired) electrons. The van der Waals surface area contributed by atoms with Crippen LogP contribution in [0.25, 0.3) is 0 Å². The van der Waals surface area contributed by atoms with Gasteiger partial charge >= 0.3 is 0 Å². The van der Waals surface area contributed by atoms with Gasteiger partial charge in [0.25, 0.3) is 0 Å². The minimum Gasteiger partial charge on any atom is -0.300 e. The fourth-order valence-corrected chi connectivity index (χ4v) is 2.84. The maximum atomic E-state index is 4.43. The predicted molar refractivity (Wildman–Crippen MR) is 50.1 cm³/mol. The van der Waals surface area contributed by atoms with Gasteiger partial charge in [0.05, 0.1) is 16.1 Å². The zero-order chi connectivity index (χ0) is 7.68. The zero-order valence-corrected chi connectivity index (χ0v) is 7.97. The molecule has 2 rings (SSSR count). The van der Waals surface area contributed by atoms with E-state index in [9.17, 15) is 0 Å². The van der Waals surface area contributed by atoms with Crippen LogP contribution in [0, 0.1) is 6.92 Å². The van der Waals surface area contributed by atoms with E-state index in [2.05, 4.69) is 15.7 Å². The molecule has 1 aliphatic rings. The molecule has 1 saturated heterocycles. The van der Waals surface area contributed by atoms with Crippen molar-refractivity contribution in [1.82, 2.24) is 10.3 Å². The van der Waals surface area contributed by atoms with E-state index in [0.717, 1.165) is 11.6 Å². The summed E-state index contributed by atoms with van der Waals surface area (Å²) in [5, 5.41) is 7.16. The molecule has 1 fully saturated rings. The zero-order valence-electron chi connectivity index (χ0n) is 6.33. The van der Waals surface area contributed by atoms with E-state index in [1.807, 2.05) is 18.7 Å².